The number of hydrogen-bond donors (Lipinski definition) is 2. The lowest BCUT2D eigenvalue weighted by Crippen LogP contribution is -2.55. The molecule has 0 aliphatic carbocycles. The number of aryl methyl sites for hydroxylation is 1. The van der Waals surface area contributed by atoms with Gasteiger partial charge in [0, 0.05) is 30.3 Å². The first-order valence-electron chi connectivity index (χ1n) is 6.54. The van der Waals surface area contributed by atoms with Gasteiger partial charge in [0.05, 0.1) is 18.7 Å². The minimum Gasteiger partial charge on any atom is -0.479 e. The van der Waals surface area contributed by atoms with Crippen molar-refractivity contribution in [3.63, 3.8) is 0 Å². The van der Waals surface area contributed by atoms with Crippen molar-refractivity contribution in [1.82, 2.24) is 14.7 Å². The minimum absolute atomic E-state index is 0.0112. The summed E-state index contributed by atoms with van der Waals surface area (Å²) in [4.78, 5) is 28.7. The number of nitrogens with zero attached hydrogens (tertiary/aromatic N) is 2. The number of rotatable bonds is 4. The molecule has 1 aliphatic heterocycles. The first-order chi connectivity index (χ1) is 10.00. The maximum absolute atomic E-state index is 12.2. The number of thiazole rings is 1. The Kier molecular flexibility index (Phi) is 3.42. The fourth-order valence-electron chi connectivity index (χ4n) is 2.43. The fourth-order valence-corrected chi connectivity index (χ4v) is 3.35. The van der Waals surface area contributed by atoms with Gasteiger partial charge in [-0.05, 0) is 6.92 Å². The normalized spacial score (nSPS) is 21.8. The van der Waals surface area contributed by atoms with Crippen LogP contribution in [0.4, 0.5) is 0 Å². The number of amides is 1. The van der Waals surface area contributed by atoms with E-state index >= 15 is 0 Å². The average molecular weight is 309 g/mol. The number of imidazole rings is 1. The van der Waals surface area contributed by atoms with Gasteiger partial charge >= 0.3 is 5.97 Å². The lowest BCUT2D eigenvalue weighted by Gasteiger charge is -2.23. The molecule has 1 fully saturated rings. The zero-order chi connectivity index (χ0) is 15.0. The summed E-state index contributed by atoms with van der Waals surface area (Å²) in [6.07, 6.45) is 2.27. The maximum atomic E-state index is 12.2. The van der Waals surface area contributed by atoms with Crippen LogP contribution < -0.4 is 5.32 Å². The first kappa shape index (κ1) is 14.0. The van der Waals surface area contributed by atoms with Crippen molar-refractivity contribution in [2.45, 2.75) is 25.3 Å². The lowest BCUT2D eigenvalue weighted by molar-refractivity contribution is -0.147. The first-order valence-corrected chi connectivity index (χ1v) is 7.42. The van der Waals surface area contributed by atoms with E-state index in [0.29, 0.717) is 6.61 Å². The summed E-state index contributed by atoms with van der Waals surface area (Å²) in [6.45, 7) is 2.24. The second kappa shape index (κ2) is 5.12. The Morgan fingerprint density at radius 3 is 3.10 bits per heavy atom. The highest BCUT2D eigenvalue weighted by molar-refractivity contribution is 7.15. The number of aromatic nitrogens is 2. The van der Waals surface area contributed by atoms with Crippen molar-refractivity contribution in [2.24, 2.45) is 0 Å². The van der Waals surface area contributed by atoms with Crippen LogP contribution in [0.2, 0.25) is 0 Å². The van der Waals surface area contributed by atoms with E-state index in [0.717, 1.165) is 16.3 Å². The van der Waals surface area contributed by atoms with Crippen molar-refractivity contribution in [3.8, 4) is 0 Å². The molecule has 0 saturated carbocycles. The Morgan fingerprint density at radius 1 is 1.62 bits per heavy atom. The summed E-state index contributed by atoms with van der Waals surface area (Å²) in [5.41, 5.74) is 0.388. The molecule has 21 heavy (non-hydrogen) atoms. The molecular weight excluding hydrogens is 294 g/mol. The summed E-state index contributed by atoms with van der Waals surface area (Å²) in [5, 5.41) is 13.8. The third-order valence-electron chi connectivity index (χ3n) is 3.56. The Bertz CT molecular complexity index is 699. The predicted molar refractivity (Wildman–Crippen MR) is 75.5 cm³/mol. The van der Waals surface area contributed by atoms with Crippen LogP contribution in [0.5, 0.6) is 0 Å². The summed E-state index contributed by atoms with van der Waals surface area (Å²) in [6, 6.07) is 0. The molecule has 2 aromatic rings. The van der Waals surface area contributed by atoms with Crippen LogP contribution in [0.25, 0.3) is 4.96 Å². The molecule has 1 saturated heterocycles. The van der Waals surface area contributed by atoms with Crippen LogP contribution in [0.3, 0.4) is 0 Å². The van der Waals surface area contributed by atoms with Crippen LogP contribution in [0, 0.1) is 6.92 Å². The van der Waals surface area contributed by atoms with Crippen LogP contribution in [0.15, 0.2) is 11.6 Å². The average Bonchev–Trinajstić information content (AvgIpc) is 3.08. The van der Waals surface area contributed by atoms with Gasteiger partial charge in [0.15, 0.2) is 10.5 Å². The van der Waals surface area contributed by atoms with Crippen molar-refractivity contribution >= 4 is 28.2 Å². The third kappa shape index (κ3) is 2.52. The van der Waals surface area contributed by atoms with E-state index in [1.165, 1.54) is 11.3 Å². The summed E-state index contributed by atoms with van der Waals surface area (Å²) < 4.78 is 6.98. The Labute approximate surface area is 124 Å². The minimum atomic E-state index is -1.29. The molecule has 7 nitrogen and oxygen atoms in total. The van der Waals surface area contributed by atoms with Gasteiger partial charge in [-0.15, -0.1) is 11.3 Å². The largest absolute Gasteiger partial charge is 0.479 e. The number of aliphatic carboxylic acids is 1. The van der Waals surface area contributed by atoms with Crippen LogP contribution in [-0.2, 0) is 20.7 Å². The van der Waals surface area contributed by atoms with Gasteiger partial charge in [0.2, 0.25) is 5.91 Å². The van der Waals surface area contributed by atoms with Crippen LogP contribution in [0.1, 0.15) is 17.8 Å². The summed E-state index contributed by atoms with van der Waals surface area (Å²) in [5.74, 6) is -1.38. The highest BCUT2D eigenvalue weighted by Gasteiger charge is 2.43. The molecular formula is C13H15N3O4S. The molecule has 2 aromatic heterocycles. The monoisotopic (exact) mass is 309 g/mol. The molecule has 1 atom stereocenters. The number of hydrogen-bond acceptors (Lipinski definition) is 5. The van der Waals surface area contributed by atoms with Crippen molar-refractivity contribution in [1.29, 1.82) is 0 Å². The predicted octanol–water partition coefficient (Wildman–Crippen LogP) is 0.607. The summed E-state index contributed by atoms with van der Waals surface area (Å²) in [7, 11) is 0. The number of carboxylic acids is 1. The van der Waals surface area contributed by atoms with E-state index in [1.54, 1.807) is 0 Å². The topological polar surface area (TPSA) is 92.9 Å². The van der Waals surface area contributed by atoms with Gasteiger partial charge in [0.25, 0.3) is 0 Å². The van der Waals surface area contributed by atoms with Gasteiger partial charge in [-0.2, -0.15) is 0 Å². The Balaban J connectivity index is 1.75. The van der Waals surface area contributed by atoms with E-state index in [2.05, 4.69) is 10.3 Å². The quantitative estimate of drug-likeness (QED) is 0.863. The molecule has 1 aliphatic rings. The number of ether oxygens (including phenoxy) is 1. The standard InChI is InChI=1S/C13H15N3O4S/c1-8-5-16-9(6-21-12(16)14-8)4-10(17)15-13(11(18)19)2-3-20-7-13/h5-6H,2-4,7H2,1H3,(H,15,17)(H,18,19). The zero-order valence-corrected chi connectivity index (χ0v) is 12.3. The van der Waals surface area contributed by atoms with E-state index in [1.807, 2.05) is 22.9 Å². The Morgan fingerprint density at radius 2 is 2.43 bits per heavy atom. The molecule has 112 valence electrons. The second-order valence-corrected chi connectivity index (χ2v) is 6.01. The number of carbonyl (C=O) groups is 2. The van der Waals surface area contributed by atoms with E-state index in [-0.39, 0.29) is 25.4 Å². The number of carboxylic acid groups (broad SMARTS) is 1. The van der Waals surface area contributed by atoms with Crippen molar-refractivity contribution in [3.05, 3.63) is 23.0 Å². The smallest absolute Gasteiger partial charge is 0.331 e. The molecule has 3 heterocycles. The number of carbonyl (C=O) groups excluding carboxylic acids is 1. The van der Waals surface area contributed by atoms with Gasteiger partial charge < -0.3 is 15.2 Å². The number of fused-ring (bicyclic) bond motifs is 1. The van der Waals surface area contributed by atoms with Crippen molar-refractivity contribution in [2.75, 3.05) is 13.2 Å². The maximum Gasteiger partial charge on any atom is 0.331 e. The molecule has 2 N–H and O–H groups in total. The molecule has 0 spiro atoms. The van der Waals surface area contributed by atoms with Crippen LogP contribution >= 0.6 is 11.3 Å². The van der Waals surface area contributed by atoms with E-state index < -0.39 is 11.5 Å². The fraction of sp³-hybridized carbons (Fsp3) is 0.462. The highest BCUT2D eigenvalue weighted by atomic mass is 32.1. The molecule has 1 amide bonds. The van der Waals surface area contributed by atoms with Gasteiger partial charge in [-0.25, -0.2) is 9.78 Å². The molecule has 0 aromatic carbocycles. The van der Waals surface area contributed by atoms with Gasteiger partial charge in [0.1, 0.15) is 0 Å². The molecule has 0 bridgehead atoms. The van der Waals surface area contributed by atoms with Gasteiger partial charge in [-0.3, -0.25) is 9.20 Å². The van der Waals surface area contributed by atoms with Crippen molar-refractivity contribution < 1.29 is 19.4 Å². The Hall–Kier alpha value is -1.93. The van der Waals surface area contributed by atoms with E-state index in [4.69, 9.17) is 4.74 Å². The van der Waals surface area contributed by atoms with Gasteiger partial charge in [-0.1, -0.05) is 0 Å². The second-order valence-electron chi connectivity index (χ2n) is 5.18. The third-order valence-corrected chi connectivity index (χ3v) is 4.44. The van der Waals surface area contributed by atoms with E-state index in [9.17, 15) is 14.7 Å². The number of nitrogens with one attached hydrogen (secondary N) is 1. The van der Waals surface area contributed by atoms with Crippen LogP contribution in [-0.4, -0.2) is 45.1 Å². The molecule has 0 radical (unpaired) electrons. The highest BCUT2D eigenvalue weighted by Crippen LogP contribution is 2.20. The molecule has 1 unspecified atom stereocenters. The molecule has 3 rings (SSSR count). The zero-order valence-electron chi connectivity index (χ0n) is 11.5. The summed E-state index contributed by atoms with van der Waals surface area (Å²) >= 11 is 1.46. The SMILES string of the molecule is Cc1cn2c(CC(=O)NC3(C(=O)O)CCOC3)csc2n1. The lowest BCUT2D eigenvalue weighted by atomic mass is 9.99. The molecule has 8 heteroatoms.